The number of hydrogen-bond donors (Lipinski definition) is 2. The molecule has 1 amide bonds. The van der Waals surface area contributed by atoms with Crippen molar-refractivity contribution < 1.29 is 9.53 Å². The smallest absolute Gasteiger partial charge is 0.227 e. The molecule has 1 aromatic carbocycles. The van der Waals surface area contributed by atoms with Crippen molar-refractivity contribution in [1.29, 1.82) is 0 Å². The largest absolute Gasteiger partial charge is 0.439 e. The Labute approximate surface area is 140 Å². The molecule has 1 fully saturated rings. The molecule has 1 aliphatic rings. The van der Waals surface area contributed by atoms with Gasteiger partial charge in [0.15, 0.2) is 0 Å². The summed E-state index contributed by atoms with van der Waals surface area (Å²) in [6.07, 6.45) is 1.59. The zero-order chi connectivity index (χ0) is 16.2. The third kappa shape index (κ3) is 4.00. The Bertz CT molecular complexity index is 669. The standard InChI is InChI=1S/C17H18ClN3O2/c1-11(12-8-19-9-12)17(22)21-14-4-7-16(20-10-14)23-15-5-2-13(18)3-6-15/h2-7,10-12,19H,8-9H2,1H3,(H,21,22). The molecule has 2 heterocycles. The topological polar surface area (TPSA) is 63.2 Å². The molecule has 120 valence electrons. The van der Waals surface area contributed by atoms with E-state index in [0.717, 1.165) is 13.1 Å². The molecule has 1 unspecified atom stereocenters. The van der Waals surface area contributed by atoms with Crippen LogP contribution in [0.4, 0.5) is 5.69 Å². The molecule has 1 atom stereocenters. The number of pyridine rings is 1. The van der Waals surface area contributed by atoms with Gasteiger partial charge in [-0.2, -0.15) is 0 Å². The summed E-state index contributed by atoms with van der Waals surface area (Å²) in [6, 6.07) is 10.5. The molecule has 2 aromatic rings. The zero-order valence-electron chi connectivity index (χ0n) is 12.8. The van der Waals surface area contributed by atoms with Crippen LogP contribution in [0.25, 0.3) is 0 Å². The van der Waals surface area contributed by atoms with Crippen LogP contribution in [0.15, 0.2) is 42.6 Å². The van der Waals surface area contributed by atoms with Crippen LogP contribution in [0.3, 0.4) is 0 Å². The van der Waals surface area contributed by atoms with E-state index in [1.165, 1.54) is 0 Å². The fourth-order valence-corrected chi connectivity index (χ4v) is 2.40. The Morgan fingerprint density at radius 1 is 1.30 bits per heavy atom. The lowest BCUT2D eigenvalue weighted by atomic mass is 9.88. The van der Waals surface area contributed by atoms with Gasteiger partial charge < -0.3 is 15.4 Å². The van der Waals surface area contributed by atoms with E-state index >= 15 is 0 Å². The average molecular weight is 332 g/mol. The molecule has 0 aliphatic carbocycles. The quantitative estimate of drug-likeness (QED) is 0.882. The summed E-state index contributed by atoms with van der Waals surface area (Å²) in [6.45, 7) is 3.76. The molecule has 23 heavy (non-hydrogen) atoms. The van der Waals surface area contributed by atoms with Gasteiger partial charge in [-0.05, 0) is 49.3 Å². The van der Waals surface area contributed by atoms with E-state index in [1.54, 1.807) is 42.6 Å². The molecule has 1 aliphatic heterocycles. The maximum Gasteiger partial charge on any atom is 0.227 e. The van der Waals surface area contributed by atoms with Gasteiger partial charge in [0, 0.05) is 17.0 Å². The minimum Gasteiger partial charge on any atom is -0.439 e. The number of anilines is 1. The SMILES string of the molecule is CC(C(=O)Nc1ccc(Oc2ccc(Cl)cc2)nc1)C1CNC1. The second kappa shape index (κ2) is 6.98. The van der Waals surface area contributed by atoms with E-state index in [9.17, 15) is 4.79 Å². The van der Waals surface area contributed by atoms with Gasteiger partial charge in [-0.15, -0.1) is 0 Å². The molecule has 1 aromatic heterocycles. The Balaban J connectivity index is 1.58. The van der Waals surface area contributed by atoms with Crippen molar-refractivity contribution in [3.63, 3.8) is 0 Å². The molecule has 0 saturated carbocycles. The Kier molecular flexibility index (Phi) is 4.79. The molecular weight excluding hydrogens is 314 g/mol. The van der Waals surface area contributed by atoms with Gasteiger partial charge in [0.25, 0.3) is 0 Å². The third-order valence-electron chi connectivity index (χ3n) is 3.97. The normalized spacial score (nSPS) is 15.6. The highest BCUT2D eigenvalue weighted by Gasteiger charge is 2.28. The highest BCUT2D eigenvalue weighted by atomic mass is 35.5. The first kappa shape index (κ1) is 15.8. The minimum absolute atomic E-state index is 0.0127. The van der Waals surface area contributed by atoms with E-state index in [-0.39, 0.29) is 11.8 Å². The second-order valence-corrected chi connectivity index (χ2v) is 6.07. The Hall–Kier alpha value is -2.11. The van der Waals surface area contributed by atoms with Gasteiger partial charge in [0.05, 0.1) is 11.9 Å². The molecule has 5 nitrogen and oxygen atoms in total. The number of hydrogen-bond acceptors (Lipinski definition) is 4. The monoisotopic (exact) mass is 331 g/mol. The van der Waals surface area contributed by atoms with Crippen molar-refractivity contribution in [2.24, 2.45) is 11.8 Å². The molecule has 6 heteroatoms. The van der Waals surface area contributed by atoms with Gasteiger partial charge in [0.2, 0.25) is 11.8 Å². The summed E-state index contributed by atoms with van der Waals surface area (Å²) in [7, 11) is 0. The van der Waals surface area contributed by atoms with Crippen LogP contribution in [-0.2, 0) is 4.79 Å². The second-order valence-electron chi connectivity index (χ2n) is 5.64. The fraction of sp³-hybridized carbons (Fsp3) is 0.294. The van der Waals surface area contributed by atoms with E-state index in [1.807, 2.05) is 6.92 Å². The molecule has 1 saturated heterocycles. The zero-order valence-corrected chi connectivity index (χ0v) is 13.5. The van der Waals surface area contributed by atoms with E-state index < -0.39 is 0 Å². The van der Waals surface area contributed by atoms with Gasteiger partial charge in [-0.3, -0.25) is 4.79 Å². The lowest BCUT2D eigenvalue weighted by molar-refractivity contribution is -0.121. The van der Waals surface area contributed by atoms with Crippen LogP contribution < -0.4 is 15.4 Å². The van der Waals surface area contributed by atoms with Crippen molar-refractivity contribution in [3.8, 4) is 11.6 Å². The Morgan fingerprint density at radius 3 is 2.61 bits per heavy atom. The highest BCUT2D eigenvalue weighted by Crippen LogP contribution is 2.23. The van der Waals surface area contributed by atoms with Gasteiger partial charge >= 0.3 is 0 Å². The average Bonchev–Trinajstić information content (AvgIpc) is 2.50. The van der Waals surface area contributed by atoms with E-state index in [0.29, 0.717) is 28.3 Å². The maximum absolute atomic E-state index is 12.1. The maximum atomic E-state index is 12.1. The summed E-state index contributed by atoms with van der Waals surface area (Å²) in [5.74, 6) is 1.53. The number of aromatic nitrogens is 1. The number of rotatable bonds is 5. The number of nitrogens with one attached hydrogen (secondary N) is 2. The predicted octanol–water partition coefficient (Wildman–Crippen LogP) is 3.32. The molecular formula is C17H18ClN3O2. The molecule has 3 rings (SSSR count). The van der Waals surface area contributed by atoms with Crippen molar-refractivity contribution >= 4 is 23.2 Å². The summed E-state index contributed by atoms with van der Waals surface area (Å²) in [4.78, 5) is 16.3. The number of carbonyl (C=O) groups excluding carboxylic acids is 1. The fourth-order valence-electron chi connectivity index (χ4n) is 2.27. The first-order valence-corrected chi connectivity index (χ1v) is 7.90. The number of carbonyl (C=O) groups is 1. The first-order chi connectivity index (χ1) is 11.1. The molecule has 0 spiro atoms. The summed E-state index contributed by atoms with van der Waals surface area (Å²) in [5, 5.41) is 6.72. The lowest BCUT2D eigenvalue weighted by Gasteiger charge is -2.31. The number of nitrogens with zero attached hydrogens (tertiary/aromatic N) is 1. The number of benzene rings is 1. The van der Waals surface area contributed by atoms with Crippen LogP contribution >= 0.6 is 11.6 Å². The van der Waals surface area contributed by atoms with Crippen molar-refractivity contribution in [1.82, 2.24) is 10.3 Å². The summed E-state index contributed by atoms with van der Waals surface area (Å²) in [5.41, 5.74) is 0.664. The highest BCUT2D eigenvalue weighted by molar-refractivity contribution is 6.30. The molecule has 0 bridgehead atoms. The third-order valence-corrected chi connectivity index (χ3v) is 4.23. The number of amides is 1. The van der Waals surface area contributed by atoms with Crippen LogP contribution in [0.1, 0.15) is 6.92 Å². The van der Waals surface area contributed by atoms with Crippen molar-refractivity contribution in [2.45, 2.75) is 6.92 Å². The van der Waals surface area contributed by atoms with Crippen LogP contribution in [-0.4, -0.2) is 24.0 Å². The predicted molar refractivity (Wildman–Crippen MR) is 89.9 cm³/mol. The van der Waals surface area contributed by atoms with Crippen LogP contribution in [0.5, 0.6) is 11.6 Å². The van der Waals surface area contributed by atoms with E-state index in [4.69, 9.17) is 16.3 Å². The molecule has 0 radical (unpaired) electrons. The Morgan fingerprint density at radius 2 is 2.04 bits per heavy atom. The van der Waals surface area contributed by atoms with Crippen LogP contribution in [0.2, 0.25) is 5.02 Å². The molecule has 2 N–H and O–H groups in total. The van der Waals surface area contributed by atoms with Gasteiger partial charge in [-0.1, -0.05) is 18.5 Å². The van der Waals surface area contributed by atoms with Gasteiger partial charge in [0.1, 0.15) is 5.75 Å². The van der Waals surface area contributed by atoms with E-state index in [2.05, 4.69) is 15.6 Å². The van der Waals surface area contributed by atoms with Crippen LogP contribution in [0, 0.1) is 11.8 Å². The number of halogens is 1. The van der Waals surface area contributed by atoms with Crippen molar-refractivity contribution in [3.05, 3.63) is 47.6 Å². The van der Waals surface area contributed by atoms with Gasteiger partial charge in [-0.25, -0.2) is 4.98 Å². The summed E-state index contributed by atoms with van der Waals surface area (Å²) < 4.78 is 5.61. The number of ether oxygens (including phenoxy) is 1. The summed E-state index contributed by atoms with van der Waals surface area (Å²) >= 11 is 5.83. The first-order valence-electron chi connectivity index (χ1n) is 7.53. The lowest BCUT2D eigenvalue weighted by Crippen LogP contribution is -2.48. The minimum atomic E-state index is -0.0127. The van der Waals surface area contributed by atoms with Crippen molar-refractivity contribution in [2.75, 3.05) is 18.4 Å².